The van der Waals surface area contributed by atoms with E-state index < -0.39 is 0 Å². The molecular weight excluding hydrogens is 206 g/mol. The van der Waals surface area contributed by atoms with Crippen molar-refractivity contribution in [3.63, 3.8) is 0 Å². The Balaban J connectivity index is 2.65. The first kappa shape index (κ1) is 12.1. The second kappa shape index (κ2) is 5.81. The van der Waals surface area contributed by atoms with Crippen molar-refractivity contribution < 1.29 is 4.79 Å². The highest BCUT2D eigenvalue weighted by Gasteiger charge is 2.10. The predicted molar refractivity (Wildman–Crippen MR) is 66.1 cm³/mol. The average molecular weight is 223 g/mol. The van der Waals surface area contributed by atoms with Crippen molar-refractivity contribution in [2.24, 2.45) is 0 Å². The smallest absolute Gasteiger partial charge is 0.230 e. The van der Waals surface area contributed by atoms with Gasteiger partial charge in [-0.3, -0.25) is 4.79 Å². The van der Waals surface area contributed by atoms with Crippen molar-refractivity contribution in [1.82, 2.24) is 5.32 Å². The first-order valence-corrected chi connectivity index (χ1v) is 6.38. The van der Waals surface area contributed by atoms with Gasteiger partial charge >= 0.3 is 0 Å². The van der Waals surface area contributed by atoms with Crippen LogP contribution in [0.1, 0.15) is 24.1 Å². The Bertz CT molecular complexity index is 338. The zero-order valence-corrected chi connectivity index (χ0v) is 10.2. The van der Waals surface area contributed by atoms with E-state index in [4.69, 9.17) is 0 Å². The van der Waals surface area contributed by atoms with Crippen LogP contribution in [0.5, 0.6) is 0 Å². The summed E-state index contributed by atoms with van der Waals surface area (Å²) in [6.45, 7) is 4.08. The summed E-state index contributed by atoms with van der Waals surface area (Å²) in [5.41, 5.74) is 2.40. The molecule has 1 amide bonds. The molecule has 1 aromatic carbocycles. The second-order valence-corrected chi connectivity index (χ2v) is 4.44. The quantitative estimate of drug-likeness (QED) is 0.850. The van der Waals surface area contributed by atoms with Crippen molar-refractivity contribution in [2.45, 2.75) is 19.9 Å². The third kappa shape index (κ3) is 3.59. The van der Waals surface area contributed by atoms with E-state index in [2.05, 4.69) is 24.4 Å². The van der Waals surface area contributed by atoms with E-state index in [1.165, 1.54) is 22.9 Å². The number of hydrogen-bond donors (Lipinski definition) is 1. The summed E-state index contributed by atoms with van der Waals surface area (Å²) in [5, 5.41) is 2.98. The summed E-state index contributed by atoms with van der Waals surface area (Å²) in [5.74, 6) is 0.620. The Morgan fingerprint density at radius 2 is 2.13 bits per heavy atom. The summed E-state index contributed by atoms with van der Waals surface area (Å²) in [6, 6.07) is 8.21. The van der Waals surface area contributed by atoms with Gasteiger partial charge in [-0.2, -0.15) is 11.8 Å². The van der Waals surface area contributed by atoms with Crippen LogP contribution in [0, 0.1) is 6.92 Å². The molecule has 0 spiro atoms. The number of rotatable bonds is 4. The number of nitrogens with one attached hydrogen (secondary N) is 1. The molecule has 0 radical (unpaired) electrons. The van der Waals surface area contributed by atoms with E-state index in [0.29, 0.717) is 5.75 Å². The minimum Gasteiger partial charge on any atom is -0.349 e. The van der Waals surface area contributed by atoms with E-state index >= 15 is 0 Å². The molecule has 0 aliphatic carbocycles. The van der Waals surface area contributed by atoms with Crippen LogP contribution in [0.25, 0.3) is 0 Å². The Kier molecular flexibility index (Phi) is 4.69. The van der Waals surface area contributed by atoms with Gasteiger partial charge in [0.25, 0.3) is 0 Å². The van der Waals surface area contributed by atoms with Gasteiger partial charge in [-0.1, -0.05) is 24.3 Å². The topological polar surface area (TPSA) is 29.1 Å². The van der Waals surface area contributed by atoms with Gasteiger partial charge in [0.2, 0.25) is 5.91 Å². The second-order valence-electron chi connectivity index (χ2n) is 3.58. The standard InChI is InChI=1S/C12H17NOS/c1-9-6-4-5-7-11(9)10(2)13-12(14)8-15-3/h4-7,10H,8H2,1-3H3,(H,13,14). The Morgan fingerprint density at radius 3 is 2.73 bits per heavy atom. The van der Waals surface area contributed by atoms with Crippen LogP contribution in [0.3, 0.4) is 0 Å². The van der Waals surface area contributed by atoms with Crippen molar-refractivity contribution in [3.8, 4) is 0 Å². The summed E-state index contributed by atoms with van der Waals surface area (Å²) in [7, 11) is 0. The lowest BCUT2D eigenvalue weighted by Gasteiger charge is -2.16. The maximum absolute atomic E-state index is 11.4. The monoisotopic (exact) mass is 223 g/mol. The van der Waals surface area contributed by atoms with Crippen molar-refractivity contribution in [2.75, 3.05) is 12.0 Å². The van der Waals surface area contributed by atoms with Gasteiger partial charge in [-0.15, -0.1) is 0 Å². The molecule has 0 aromatic heterocycles. The molecule has 0 bridgehead atoms. The lowest BCUT2D eigenvalue weighted by molar-refractivity contribution is -0.119. The van der Waals surface area contributed by atoms with Crippen molar-refractivity contribution in [3.05, 3.63) is 35.4 Å². The third-order valence-electron chi connectivity index (χ3n) is 2.31. The summed E-state index contributed by atoms with van der Waals surface area (Å²) in [4.78, 5) is 11.4. The molecule has 3 heteroatoms. The highest BCUT2D eigenvalue weighted by Crippen LogP contribution is 2.16. The molecule has 0 aliphatic heterocycles. The highest BCUT2D eigenvalue weighted by molar-refractivity contribution is 7.99. The number of hydrogen-bond acceptors (Lipinski definition) is 2. The van der Waals surface area contributed by atoms with Crippen molar-refractivity contribution in [1.29, 1.82) is 0 Å². The molecule has 0 saturated heterocycles. The Morgan fingerprint density at radius 1 is 1.47 bits per heavy atom. The molecule has 2 nitrogen and oxygen atoms in total. The van der Waals surface area contributed by atoms with Gasteiger partial charge in [0.15, 0.2) is 0 Å². The molecule has 1 atom stereocenters. The first-order chi connectivity index (χ1) is 7.15. The normalized spacial score (nSPS) is 12.2. The Labute approximate surface area is 95.5 Å². The van der Waals surface area contributed by atoms with Crippen LogP contribution < -0.4 is 5.32 Å². The number of aryl methyl sites for hydroxylation is 1. The SMILES string of the molecule is CSCC(=O)NC(C)c1ccccc1C. The van der Waals surface area contributed by atoms with Crippen LogP contribution in [0.4, 0.5) is 0 Å². The van der Waals surface area contributed by atoms with Crippen molar-refractivity contribution >= 4 is 17.7 Å². The molecular formula is C12H17NOS. The summed E-state index contributed by atoms with van der Waals surface area (Å²) < 4.78 is 0. The number of benzene rings is 1. The lowest BCUT2D eigenvalue weighted by Crippen LogP contribution is -2.28. The fraction of sp³-hybridized carbons (Fsp3) is 0.417. The minimum absolute atomic E-state index is 0.0887. The van der Waals surface area contributed by atoms with Crippen LogP contribution in [0.2, 0.25) is 0 Å². The fourth-order valence-electron chi connectivity index (χ4n) is 1.56. The minimum atomic E-state index is 0.0887. The zero-order valence-electron chi connectivity index (χ0n) is 9.41. The molecule has 0 saturated carbocycles. The van der Waals surface area contributed by atoms with Crippen LogP contribution in [-0.2, 0) is 4.79 Å². The molecule has 0 aliphatic rings. The summed E-state index contributed by atoms with van der Waals surface area (Å²) in [6.07, 6.45) is 1.93. The Hall–Kier alpha value is -0.960. The molecule has 0 fully saturated rings. The maximum Gasteiger partial charge on any atom is 0.230 e. The number of thioether (sulfide) groups is 1. The number of amides is 1. The van der Waals surface area contributed by atoms with Gasteiger partial charge < -0.3 is 5.32 Å². The molecule has 1 aromatic rings. The van der Waals surface area contributed by atoms with Gasteiger partial charge in [0, 0.05) is 0 Å². The van der Waals surface area contributed by atoms with E-state index in [-0.39, 0.29) is 11.9 Å². The average Bonchev–Trinajstić information content (AvgIpc) is 2.18. The van der Waals surface area contributed by atoms with E-state index in [0.717, 1.165) is 0 Å². The molecule has 1 rings (SSSR count). The van der Waals surface area contributed by atoms with Crippen LogP contribution in [-0.4, -0.2) is 17.9 Å². The van der Waals surface area contributed by atoms with Gasteiger partial charge in [-0.05, 0) is 31.2 Å². The van der Waals surface area contributed by atoms with Crippen LogP contribution in [0.15, 0.2) is 24.3 Å². The zero-order chi connectivity index (χ0) is 11.3. The van der Waals surface area contributed by atoms with Gasteiger partial charge in [0.05, 0.1) is 11.8 Å². The van der Waals surface area contributed by atoms with Crippen LogP contribution >= 0.6 is 11.8 Å². The predicted octanol–water partition coefficient (Wildman–Crippen LogP) is 2.54. The maximum atomic E-state index is 11.4. The molecule has 1 N–H and O–H groups in total. The third-order valence-corrected chi connectivity index (χ3v) is 2.86. The molecule has 15 heavy (non-hydrogen) atoms. The largest absolute Gasteiger partial charge is 0.349 e. The fourth-order valence-corrected chi connectivity index (χ4v) is 1.91. The highest BCUT2D eigenvalue weighted by atomic mass is 32.2. The molecule has 82 valence electrons. The van der Waals surface area contributed by atoms with Gasteiger partial charge in [0.1, 0.15) is 0 Å². The van der Waals surface area contributed by atoms with E-state index in [1.54, 1.807) is 0 Å². The van der Waals surface area contributed by atoms with E-state index in [1.807, 2.05) is 25.3 Å². The van der Waals surface area contributed by atoms with E-state index in [9.17, 15) is 4.79 Å². The molecule has 1 unspecified atom stereocenters. The van der Waals surface area contributed by atoms with Gasteiger partial charge in [-0.25, -0.2) is 0 Å². The number of carbonyl (C=O) groups is 1. The first-order valence-electron chi connectivity index (χ1n) is 4.99. The summed E-state index contributed by atoms with van der Waals surface area (Å²) >= 11 is 1.54. The number of carbonyl (C=O) groups excluding carboxylic acids is 1. The lowest BCUT2D eigenvalue weighted by atomic mass is 10.0. The molecule has 0 heterocycles.